The topological polar surface area (TPSA) is 31.5 Å². The van der Waals surface area contributed by atoms with Crippen molar-refractivity contribution in [3.05, 3.63) is 0 Å². The zero-order chi connectivity index (χ0) is 8.24. The summed E-state index contributed by atoms with van der Waals surface area (Å²) < 4.78 is 9.31. The monoisotopic (exact) mass is 230 g/mol. The van der Waals surface area contributed by atoms with Gasteiger partial charge in [0.25, 0.3) is 0 Å². The van der Waals surface area contributed by atoms with E-state index in [-0.39, 0.29) is 5.48 Å². The number of hydrogen-bond donors (Lipinski definition) is 0. The van der Waals surface area contributed by atoms with Crippen LogP contribution in [-0.4, -0.2) is 5.48 Å². The Morgan fingerprint density at radius 1 is 0.818 bits per heavy atom. The standard InChI is InChI=1S/C8H18.BrF.H2O/c1-3-5-7-8-6-4-2;1-2;/h3-8H2,1-2H3;;1H2. The van der Waals surface area contributed by atoms with Crippen molar-refractivity contribution in [2.75, 3.05) is 0 Å². The average Bonchev–Trinajstić information content (AvgIpc) is 2.02. The molecule has 0 aliphatic heterocycles. The van der Waals surface area contributed by atoms with Gasteiger partial charge in [-0.1, -0.05) is 52.4 Å². The lowest BCUT2D eigenvalue weighted by Gasteiger charge is -1.93. The fourth-order valence-electron chi connectivity index (χ4n) is 0.854. The van der Waals surface area contributed by atoms with E-state index >= 15 is 0 Å². The number of hydrogen-bond acceptors (Lipinski definition) is 0. The van der Waals surface area contributed by atoms with Crippen molar-refractivity contribution in [3.63, 3.8) is 0 Å². The van der Waals surface area contributed by atoms with E-state index < -0.39 is 0 Å². The summed E-state index contributed by atoms with van der Waals surface area (Å²) >= 11 is 1.44. The largest absolute Gasteiger partial charge is 0.412 e. The number of halogens is 2. The molecule has 0 aromatic carbocycles. The van der Waals surface area contributed by atoms with Crippen molar-refractivity contribution < 1.29 is 9.04 Å². The van der Waals surface area contributed by atoms with Crippen LogP contribution in [0.1, 0.15) is 52.4 Å². The Kier molecular flexibility index (Phi) is 35.6. The minimum atomic E-state index is 0. The Morgan fingerprint density at radius 2 is 1.09 bits per heavy atom. The van der Waals surface area contributed by atoms with Gasteiger partial charge in [-0.2, -0.15) is 3.56 Å². The highest BCUT2D eigenvalue weighted by Gasteiger charge is 1.83. The van der Waals surface area contributed by atoms with Crippen molar-refractivity contribution >= 4 is 16.4 Å². The van der Waals surface area contributed by atoms with Gasteiger partial charge in [0.15, 0.2) is 16.4 Å². The van der Waals surface area contributed by atoms with Gasteiger partial charge < -0.3 is 5.48 Å². The van der Waals surface area contributed by atoms with Crippen LogP contribution in [0.5, 0.6) is 0 Å². The summed E-state index contributed by atoms with van der Waals surface area (Å²) in [6, 6.07) is 0. The molecule has 0 amide bonds. The summed E-state index contributed by atoms with van der Waals surface area (Å²) in [5.74, 6) is 0. The quantitative estimate of drug-likeness (QED) is 0.644. The predicted octanol–water partition coefficient (Wildman–Crippen LogP) is 3.81. The molecule has 0 saturated heterocycles. The molecule has 0 atom stereocenters. The molecular weight excluding hydrogens is 211 g/mol. The first-order chi connectivity index (χ1) is 4.91. The maximum atomic E-state index is 9.31. The zero-order valence-electron chi connectivity index (χ0n) is 7.50. The van der Waals surface area contributed by atoms with Gasteiger partial charge in [0.2, 0.25) is 0 Å². The molecule has 2 N–H and O–H groups in total. The maximum absolute atomic E-state index is 9.31. The Balaban J connectivity index is -0.000000196. The van der Waals surface area contributed by atoms with Gasteiger partial charge in [0, 0.05) is 0 Å². The molecule has 0 saturated carbocycles. The van der Waals surface area contributed by atoms with Crippen molar-refractivity contribution in [1.29, 1.82) is 0 Å². The van der Waals surface area contributed by atoms with E-state index in [9.17, 15) is 3.56 Å². The molecule has 0 heterocycles. The highest BCUT2D eigenvalue weighted by atomic mass is 79.9. The van der Waals surface area contributed by atoms with Gasteiger partial charge >= 0.3 is 0 Å². The second-order valence-corrected chi connectivity index (χ2v) is 2.41. The molecule has 0 aromatic heterocycles. The van der Waals surface area contributed by atoms with E-state index in [1.54, 1.807) is 0 Å². The van der Waals surface area contributed by atoms with E-state index in [2.05, 4.69) is 13.8 Å². The van der Waals surface area contributed by atoms with E-state index in [1.165, 1.54) is 54.9 Å². The highest BCUT2D eigenvalue weighted by Crippen LogP contribution is 2.03. The third-order valence-corrected chi connectivity index (χ3v) is 1.46. The molecule has 11 heavy (non-hydrogen) atoms. The van der Waals surface area contributed by atoms with Crippen LogP contribution >= 0.6 is 16.4 Å². The Hall–Kier alpha value is 0.370. The first kappa shape index (κ1) is 17.5. The summed E-state index contributed by atoms with van der Waals surface area (Å²) in [4.78, 5) is 0. The summed E-state index contributed by atoms with van der Waals surface area (Å²) in [7, 11) is 0. The van der Waals surface area contributed by atoms with Gasteiger partial charge in [-0.15, -0.1) is 0 Å². The minimum Gasteiger partial charge on any atom is -0.412 e. The van der Waals surface area contributed by atoms with Crippen LogP contribution in [0.4, 0.5) is 3.56 Å². The minimum absolute atomic E-state index is 0. The Bertz CT molecular complexity index is 39.1. The summed E-state index contributed by atoms with van der Waals surface area (Å²) in [6.45, 7) is 4.51. The second-order valence-electron chi connectivity index (χ2n) is 2.41. The van der Waals surface area contributed by atoms with Crippen molar-refractivity contribution in [2.45, 2.75) is 52.4 Å². The zero-order valence-corrected chi connectivity index (χ0v) is 9.08. The van der Waals surface area contributed by atoms with Gasteiger partial charge in [-0.3, -0.25) is 0 Å². The first-order valence-corrected chi connectivity index (χ1v) is 4.66. The lowest BCUT2D eigenvalue weighted by Crippen LogP contribution is -1.73. The molecule has 0 fully saturated rings. The average molecular weight is 231 g/mol. The third-order valence-electron chi connectivity index (χ3n) is 1.46. The third kappa shape index (κ3) is 25.2. The smallest absolute Gasteiger partial charge is 0.158 e. The molecule has 0 radical (unpaired) electrons. The summed E-state index contributed by atoms with van der Waals surface area (Å²) in [5.41, 5.74) is 0. The fourth-order valence-corrected chi connectivity index (χ4v) is 0.854. The van der Waals surface area contributed by atoms with Crippen LogP contribution in [0.25, 0.3) is 0 Å². The molecule has 0 aromatic rings. The van der Waals surface area contributed by atoms with E-state index in [1.807, 2.05) is 0 Å². The molecule has 0 spiro atoms. The molecule has 0 unspecified atom stereocenters. The molecule has 0 rings (SSSR count). The molecule has 3 heteroatoms. The summed E-state index contributed by atoms with van der Waals surface area (Å²) in [6.07, 6.45) is 8.49. The first-order valence-electron chi connectivity index (χ1n) is 4.06. The number of rotatable bonds is 5. The van der Waals surface area contributed by atoms with Gasteiger partial charge in [-0.25, -0.2) is 0 Å². The molecule has 0 bridgehead atoms. The van der Waals surface area contributed by atoms with Crippen LogP contribution < -0.4 is 0 Å². The van der Waals surface area contributed by atoms with Crippen LogP contribution in [0.2, 0.25) is 0 Å². The van der Waals surface area contributed by atoms with Gasteiger partial charge in [0.05, 0.1) is 0 Å². The van der Waals surface area contributed by atoms with E-state index in [0.29, 0.717) is 0 Å². The fraction of sp³-hybridized carbons (Fsp3) is 1.00. The Labute approximate surface area is 78.3 Å². The Morgan fingerprint density at radius 3 is 1.27 bits per heavy atom. The van der Waals surface area contributed by atoms with Gasteiger partial charge in [-0.05, 0) is 0 Å². The SMILES string of the molecule is CCCCCCCC.FBr.O. The predicted molar refractivity (Wildman–Crippen MR) is 52.7 cm³/mol. The van der Waals surface area contributed by atoms with Crippen LogP contribution in [0, 0.1) is 0 Å². The van der Waals surface area contributed by atoms with Crippen LogP contribution in [0.3, 0.4) is 0 Å². The molecular formula is C8H20BrFO. The van der Waals surface area contributed by atoms with Crippen molar-refractivity contribution in [2.24, 2.45) is 0 Å². The number of unbranched alkanes of at least 4 members (excludes halogenated alkanes) is 5. The molecule has 0 aliphatic rings. The van der Waals surface area contributed by atoms with E-state index in [0.717, 1.165) is 0 Å². The highest BCUT2D eigenvalue weighted by molar-refractivity contribution is 9.05. The van der Waals surface area contributed by atoms with Crippen molar-refractivity contribution in [3.8, 4) is 0 Å². The van der Waals surface area contributed by atoms with Crippen molar-refractivity contribution in [1.82, 2.24) is 0 Å². The lowest BCUT2D eigenvalue weighted by atomic mass is 10.1. The second kappa shape index (κ2) is 22.4. The lowest BCUT2D eigenvalue weighted by molar-refractivity contribution is 0.624. The van der Waals surface area contributed by atoms with Gasteiger partial charge in [0.1, 0.15) is 0 Å². The summed E-state index contributed by atoms with van der Waals surface area (Å²) in [5, 5.41) is 0. The van der Waals surface area contributed by atoms with E-state index in [4.69, 9.17) is 0 Å². The maximum Gasteiger partial charge on any atom is 0.158 e. The molecule has 1 nitrogen and oxygen atoms in total. The van der Waals surface area contributed by atoms with Crippen LogP contribution in [0.15, 0.2) is 0 Å². The molecule has 72 valence electrons. The molecule has 0 aliphatic carbocycles. The van der Waals surface area contributed by atoms with Crippen LogP contribution in [-0.2, 0) is 0 Å². The normalized spacial score (nSPS) is 7.64.